The van der Waals surface area contributed by atoms with Gasteiger partial charge >= 0.3 is 0 Å². The topological polar surface area (TPSA) is 43.0 Å². The summed E-state index contributed by atoms with van der Waals surface area (Å²) in [5.74, 6) is 1.99. The molecule has 1 N–H and O–H groups in total. The molecule has 3 rings (SSSR count). The third-order valence-corrected chi connectivity index (χ3v) is 3.50. The van der Waals surface area contributed by atoms with Crippen LogP contribution in [0.25, 0.3) is 0 Å². The van der Waals surface area contributed by atoms with Crippen molar-refractivity contribution >= 4 is 0 Å². The minimum Gasteiger partial charge on any atom is -0.463 e. The number of aryl methyl sites for hydroxylation is 1. The lowest BCUT2D eigenvalue weighted by Crippen LogP contribution is -2.08. The van der Waals surface area contributed by atoms with Crippen molar-refractivity contribution in [2.24, 2.45) is 0 Å². The maximum atomic E-state index is 5.78. The van der Waals surface area contributed by atoms with Crippen molar-refractivity contribution in [3.63, 3.8) is 0 Å². The van der Waals surface area contributed by atoms with Crippen LogP contribution in [-0.2, 0) is 25.9 Å². The Morgan fingerprint density at radius 2 is 2.11 bits per heavy atom. The van der Waals surface area contributed by atoms with Gasteiger partial charge in [-0.2, -0.15) is 0 Å². The van der Waals surface area contributed by atoms with Crippen LogP contribution < -0.4 is 5.32 Å². The Morgan fingerprint density at radius 1 is 1.28 bits per heavy atom. The van der Waals surface area contributed by atoms with Crippen molar-refractivity contribution in [1.82, 2.24) is 14.9 Å². The SMILES string of the molecule is CNCc1ccc(Cn2cnc3c2CCCC3)o1. The molecule has 0 fully saturated rings. The highest BCUT2D eigenvalue weighted by atomic mass is 16.3. The van der Waals surface area contributed by atoms with Crippen LogP contribution in [0.1, 0.15) is 35.7 Å². The van der Waals surface area contributed by atoms with Crippen molar-refractivity contribution in [3.05, 3.63) is 41.4 Å². The number of furan rings is 1. The lowest BCUT2D eigenvalue weighted by atomic mass is 10.0. The second-order valence-electron chi connectivity index (χ2n) is 4.87. The van der Waals surface area contributed by atoms with E-state index in [0.29, 0.717) is 0 Å². The van der Waals surface area contributed by atoms with E-state index >= 15 is 0 Å². The quantitative estimate of drug-likeness (QED) is 0.897. The Balaban J connectivity index is 1.77. The molecule has 0 saturated heterocycles. The van der Waals surface area contributed by atoms with E-state index in [1.807, 2.05) is 19.4 Å². The van der Waals surface area contributed by atoms with Crippen LogP contribution in [0.15, 0.2) is 22.9 Å². The number of fused-ring (bicyclic) bond motifs is 1. The molecule has 4 heteroatoms. The Morgan fingerprint density at radius 3 is 3.00 bits per heavy atom. The molecule has 0 aliphatic heterocycles. The van der Waals surface area contributed by atoms with E-state index < -0.39 is 0 Å². The fourth-order valence-corrected chi connectivity index (χ4v) is 2.61. The average molecular weight is 245 g/mol. The fourth-order valence-electron chi connectivity index (χ4n) is 2.61. The van der Waals surface area contributed by atoms with Gasteiger partial charge < -0.3 is 14.3 Å². The third-order valence-electron chi connectivity index (χ3n) is 3.50. The summed E-state index contributed by atoms with van der Waals surface area (Å²) in [6.45, 7) is 1.58. The summed E-state index contributed by atoms with van der Waals surface area (Å²) in [5, 5.41) is 3.09. The van der Waals surface area contributed by atoms with Crippen molar-refractivity contribution in [3.8, 4) is 0 Å². The molecule has 96 valence electrons. The molecule has 2 heterocycles. The molecule has 0 amide bonds. The first-order chi connectivity index (χ1) is 8.86. The molecule has 1 aliphatic carbocycles. The number of aromatic nitrogens is 2. The molecular weight excluding hydrogens is 226 g/mol. The highest BCUT2D eigenvalue weighted by molar-refractivity contribution is 5.18. The number of rotatable bonds is 4. The Kier molecular flexibility index (Phi) is 3.19. The third kappa shape index (κ3) is 2.20. The molecule has 0 atom stereocenters. The maximum absolute atomic E-state index is 5.78. The van der Waals surface area contributed by atoms with Gasteiger partial charge in [0, 0.05) is 5.69 Å². The average Bonchev–Trinajstić information content (AvgIpc) is 2.99. The van der Waals surface area contributed by atoms with Crippen molar-refractivity contribution in [1.29, 1.82) is 0 Å². The van der Waals surface area contributed by atoms with Crippen LogP contribution in [0.2, 0.25) is 0 Å². The summed E-state index contributed by atoms with van der Waals surface area (Å²) in [5.41, 5.74) is 2.68. The van der Waals surface area contributed by atoms with Gasteiger partial charge in [-0.3, -0.25) is 0 Å². The van der Waals surface area contributed by atoms with E-state index in [1.54, 1.807) is 0 Å². The predicted octanol–water partition coefficient (Wildman–Crippen LogP) is 2.12. The van der Waals surface area contributed by atoms with Crippen LogP contribution in [0.4, 0.5) is 0 Å². The second-order valence-corrected chi connectivity index (χ2v) is 4.87. The van der Waals surface area contributed by atoms with E-state index in [-0.39, 0.29) is 0 Å². The zero-order valence-electron chi connectivity index (χ0n) is 10.8. The van der Waals surface area contributed by atoms with E-state index in [4.69, 9.17) is 4.42 Å². The van der Waals surface area contributed by atoms with Gasteiger partial charge in [-0.05, 0) is 44.9 Å². The molecule has 0 saturated carbocycles. The molecule has 0 aromatic carbocycles. The monoisotopic (exact) mass is 245 g/mol. The highest BCUT2D eigenvalue weighted by Crippen LogP contribution is 2.21. The Hall–Kier alpha value is -1.55. The summed E-state index contributed by atoms with van der Waals surface area (Å²) in [7, 11) is 1.93. The van der Waals surface area contributed by atoms with Crippen LogP contribution in [-0.4, -0.2) is 16.6 Å². The summed E-state index contributed by atoms with van der Waals surface area (Å²) >= 11 is 0. The standard InChI is InChI=1S/C14H19N3O/c1-15-8-11-6-7-12(18-11)9-17-10-16-13-4-2-3-5-14(13)17/h6-7,10,15H,2-5,8-9H2,1H3. The molecule has 2 aromatic rings. The van der Waals surface area contributed by atoms with Crippen molar-refractivity contribution < 1.29 is 4.42 Å². The Labute approximate surface area is 107 Å². The normalized spacial score (nSPS) is 14.7. The van der Waals surface area contributed by atoms with E-state index in [9.17, 15) is 0 Å². The lowest BCUT2D eigenvalue weighted by Gasteiger charge is -2.13. The summed E-state index contributed by atoms with van der Waals surface area (Å²) < 4.78 is 8.01. The fraction of sp³-hybridized carbons (Fsp3) is 0.500. The van der Waals surface area contributed by atoms with Crippen LogP contribution in [0.3, 0.4) is 0 Å². The molecule has 0 radical (unpaired) electrons. The van der Waals surface area contributed by atoms with Gasteiger partial charge in [0.1, 0.15) is 11.5 Å². The molecule has 0 bridgehead atoms. The van der Waals surface area contributed by atoms with Gasteiger partial charge in [-0.1, -0.05) is 0 Å². The number of nitrogens with zero attached hydrogens (tertiary/aromatic N) is 2. The lowest BCUT2D eigenvalue weighted by molar-refractivity contribution is 0.441. The smallest absolute Gasteiger partial charge is 0.123 e. The van der Waals surface area contributed by atoms with Gasteiger partial charge in [-0.25, -0.2) is 4.98 Å². The Bertz CT molecular complexity index is 527. The highest BCUT2D eigenvalue weighted by Gasteiger charge is 2.15. The summed E-state index contributed by atoms with van der Waals surface area (Å²) in [6.07, 6.45) is 6.79. The molecule has 0 unspecified atom stereocenters. The van der Waals surface area contributed by atoms with Crippen LogP contribution >= 0.6 is 0 Å². The first kappa shape index (κ1) is 11.5. The molecule has 2 aromatic heterocycles. The van der Waals surface area contributed by atoms with E-state index in [0.717, 1.165) is 37.5 Å². The summed E-state index contributed by atoms with van der Waals surface area (Å²) in [4.78, 5) is 4.50. The summed E-state index contributed by atoms with van der Waals surface area (Å²) in [6, 6.07) is 4.09. The van der Waals surface area contributed by atoms with Gasteiger partial charge in [0.15, 0.2) is 0 Å². The largest absolute Gasteiger partial charge is 0.463 e. The number of nitrogens with one attached hydrogen (secondary N) is 1. The van der Waals surface area contributed by atoms with Gasteiger partial charge in [-0.15, -0.1) is 0 Å². The van der Waals surface area contributed by atoms with Crippen molar-refractivity contribution in [2.45, 2.75) is 38.8 Å². The van der Waals surface area contributed by atoms with E-state index in [1.165, 1.54) is 24.2 Å². The first-order valence-corrected chi connectivity index (χ1v) is 6.62. The van der Waals surface area contributed by atoms with Crippen molar-refractivity contribution in [2.75, 3.05) is 7.05 Å². The van der Waals surface area contributed by atoms with Crippen LogP contribution in [0.5, 0.6) is 0 Å². The van der Waals surface area contributed by atoms with Gasteiger partial charge in [0.2, 0.25) is 0 Å². The zero-order chi connectivity index (χ0) is 12.4. The number of imidazole rings is 1. The molecule has 4 nitrogen and oxygen atoms in total. The number of hydrogen-bond acceptors (Lipinski definition) is 3. The first-order valence-electron chi connectivity index (χ1n) is 6.62. The second kappa shape index (κ2) is 4.98. The van der Waals surface area contributed by atoms with Gasteiger partial charge in [0.25, 0.3) is 0 Å². The van der Waals surface area contributed by atoms with Gasteiger partial charge in [0.05, 0.1) is 25.1 Å². The van der Waals surface area contributed by atoms with Crippen LogP contribution in [0, 0.1) is 0 Å². The minimum atomic E-state index is 0.780. The molecular formula is C14H19N3O. The zero-order valence-corrected chi connectivity index (χ0v) is 10.8. The maximum Gasteiger partial charge on any atom is 0.123 e. The molecule has 18 heavy (non-hydrogen) atoms. The molecule has 0 spiro atoms. The minimum absolute atomic E-state index is 0.780. The molecule has 1 aliphatic rings. The van der Waals surface area contributed by atoms with E-state index in [2.05, 4.69) is 20.9 Å². The predicted molar refractivity (Wildman–Crippen MR) is 69.4 cm³/mol. The number of hydrogen-bond donors (Lipinski definition) is 1.